The van der Waals surface area contributed by atoms with Gasteiger partial charge in [0.1, 0.15) is 5.65 Å². The van der Waals surface area contributed by atoms with Gasteiger partial charge in [-0.05, 0) is 44.5 Å². The summed E-state index contributed by atoms with van der Waals surface area (Å²) in [4.78, 5) is 21.4. The Labute approximate surface area is 158 Å². The van der Waals surface area contributed by atoms with Gasteiger partial charge in [0.15, 0.2) is 0 Å². The van der Waals surface area contributed by atoms with Crippen molar-refractivity contribution in [2.75, 3.05) is 30.3 Å². The molecule has 0 atom stereocenters. The van der Waals surface area contributed by atoms with Crippen LogP contribution < -0.4 is 16.0 Å². The molecule has 2 aromatic heterocycles. The van der Waals surface area contributed by atoms with E-state index in [1.165, 1.54) is 50.5 Å². The van der Waals surface area contributed by atoms with E-state index in [-0.39, 0.29) is 5.91 Å². The van der Waals surface area contributed by atoms with E-state index < -0.39 is 0 Å². The second-order valence-corrected chi connectivity index (χ2v) is 7.73. The third-order valence-electron chi connectivity index (χ3n) is 4.62. The Hall–Kier alpha value is -1.99. The average molecular weight is 374 g/mol. The van der Waals surface area contributed by atoms with Crippen LogP contribution in [0.15, 0.2) is 29.6 Å². The van der Waals surface area contributed by atoms with Crippen molar-refractivity contribution in [1.82, 2.24) is 15.3 Å². The smallest absolute Gasteiger partial charge is 0.256 e. The molecule has 0 aromatic carbocycles. The minimum absolute atomic E-state index is 0.370. The van der Waals surface area contributed by atoms with Crippen molar-refractivity contribution in [1.29, 1.82) is 0 Å². The number of rotatable bonds is 2. The molecule has 4 N–H and O–H groups in total. The molecule has 4 rings (SSSR count). The minimum Gasteiger partial charge on any atom is -0.365 e. The molecule has 2 aromatic rings. The predicted molar refractivity (Wildman–Crippen MR) is 109 cm³/mol. The second kappa shape index (κ2) is 9.09. The molecule has 26 heavy (non-hydrogen) atoms. The fourth-order valence-electron chi connectivity index (χ4n) is 3.24. The summed E-state index contributed by atoms with van der Waals surface area (Å²) in [5.41, 5.74) is 8.42. The van der Waals surface area contributed by atoms with Crippen LogP contribution in [0.5, 0.6) is 0 Å². The first-order valence-corrected chi connectivity index (χ1v) is 10.2. The van der Waals surface area contributed by atoms with Gasteiger partial charge >= 0.3 is 0 Å². The lowest BCUT2D eigenvalue weighted by Gasteiger charge is -2.26. The number of nitrogens with zero attached hydrogens (tertiary/aromatic N) is 2. The normalized spacial score (nSPS) is 17.9. The zero-order valence-electron chi connectivity index (χ0n) is 15.3. The van der Waals surface area contributed by atoms with Crippen LogP contribution in [0.25, 0.3) is 11.0 Å². The number of nitrogens with one attached hydrogen (secondary N) is 2. The monoisotopic (exact) mass is 373 g/mol. The lowest BCUT2D eigenvalue weighted by atomic mass is 10.2. The van der Waals surface area contributed by atoms with Crippen LogP contribution in [-0.4, -0.2) is 41.3 Å². The molecule has 0 radical (unpaired) electrons. The Morgan fingerprint density at radius 3 is 2.77 bits per heavy atom. The molecule has 1 fully saturated rings. The number of nitrogens with two attached hydrogens (primary N) is 1. The Kier molecular flexibility index (Phi) is 6.57. The van der Waals surface area contributed by atoms with Crippen molar-refractivity contribution in [3.63, 3.8) is 0 Å². The predicted octanol–water partition coefficient (Wildman–Crippen LogP) is 2.90. The van der Waals surface area contributed by atoms with Gasteiger partial charge in [-0.3, -0.25) is 4.79 Å². The molecular formula is C19H27N5OS. The van der Waals surface area contributed by atoms with Gasteiger partial charge in [0.05, 0.1) is 10.6 Å². The molecule has 0 unspecified atom stereocenters. The number of thioether (sulfide) groups is 1. The largest absolute Gasteiger partial charge is 0.365 e. The Bertz CT molecular complexity index is 766. The zero-order chi connectivity index (χ0) is 18.4. The number of aryl methyl sites for hydroxylation is 1. The molecule has 1 amide bonds. The van der Waals surface area contributed by atoms with Gasteiger partial charge in [-0.1, -0.05) is 12.8 Å². The highest BCUT2D eigenvalue weighted by atomic mass is 32.2. The number of amides is 1. The van der Waals surface area contributed by atoms with Crippen molar-refractivity contribution in [3.05, 3.63) is 35.1 Å². The third kappa shape index (κ3) is 4.59. The van der Waals surface area contributed by atoms with Gasteiger partial charge in [-0.15, -0.1) is 11.8 Å². The SMILES string of the molecule is C1CCCNCC1.Cc1c[nH]c2nccc(N3C=C(C(N)=O)SCC3)c12. The van der Waals surface area contributed by atoms with Crippen molar-refractivity contribution in [2.24, 2.45) is 5.73 Å². The molecule has 4 heterocycles. The van der Waals surface area contributed by atoms with E-state index in [2.05, 4.69) is 20.2 Å². The average Bonchev–Trinajstić information content (AvgIpc) is 2.88. The van der Waals surface area contributed by atoms with Crippen LogP contribution in [0.3, 0.4) is 0 Å². The van der Waals surface area contributed by atoms with Crippen molar-refractivity contribution in [3.8, 4) is 0 Å². The lowest BCUT2D eigenvalue weighted by Crippen LogP contribution is -2.27. The number of aromatic nitrogens is 2. The maximum atomic E-state index is 11.3. The van der Waals surface area contributed by atoms with Crippen molar-refractivity contribution < 1.29 is 4.79 Å². The number of anilines is 1. The van der Waals surface area contributed by atoms with Crippen LogP contribution in [0, 0.1) is 6.92 Å². The number of carbonyl (C=O) groups is 1. The van der Waals surface area contributed by atoms with Gasteiger partial charge in [-0.2, -0.15) is 0 Å². The minimum atomic E-state index is -0.370. The van der Waals surface area contributed by atoms with Crippen molar-refractivity contribution in [2.45, 2.75) is 32.6 Å². The highest BCUT2D eigenvalue weighted by Crippen LogP contribution is 2.32. The lowest BCUT2D eigenvalue weighted by molar-refractivity contribution is -0.113. The van der Waals surface area contributed by atoms with Crippen LogP contribution >= 0.6 is 11.8 Å². The van der Waals surface area contributed by atoms with E-state index in [1.807, 2.05) is 25.4 Å². The van der Waals surface area contributed by atoms with Crippen LogP contribution in [0.1, 0.15) is 31.2 Å². The summed E-state index contributed by atoms with van der Waals surface area (Å²) in [7, 11) is 0. The number of H-pyrrole nitrogens is 1. The van der Waals surface area contributed by atoms with Gasteiger partial charge in [0.2, 0.25) is 0 Å². The second-order valence-electron chi connectivity index (χ2n) is 6.59. The molecule has 2 aliphatic rings. The standard InChI is InChI=1S/C13H14N4OS.C6H13N/c1-8-6-16-13-11(8)9(2-3-15-13)17-4-5-19-10(7-17)12(14)18;1-2-4-6-7-5-3-1/h2-3,6-7H,4-5H2,1H3,(H2,14,18)(H,15,16);7H,1-6H2. The molecule has 0 spiro atoms. The summed E-state index contributed by atoms with van der Waals surface area (Å²) in [5, 5.41) is 4.44. The Morgan fingerprint density at radius 1 is 1.27 bits per heavy atom. The first-order chi connectivity index (χ1) is 12.7. The summed E-state index contributed by atoms with van der Waals surface area (Å²) in [6.45, 7) is 5.40. The molecule has 7 heteroatoms. The zero-order valence-corrected chi connectivity index (χ0v) is 16.1. The number of carbonyl (C=O) groups excluding carboxylic acids is 1. The fourth-order valence-corrected chi connectivity index (χ4v) is 4.09. The Balaban J connectivity index is 0.000000236. The van der Waals surface area contributed by atoms with Crippen LogP contribution in [0.2, 0.25) is 0 Å². The van der Waals surface area contributed by atoms with E-state index in [0.717, 1.165) is 34.6 Å². The molecule has 0 aliphatic carbocycles. The molecule has 6 nitrogen and oxygen atoms in total. The Morgan fingerprint density at radius 2 is 2.04 bits per heavy atom. The summed E-state index contributed by atoms with van der Waals surface area (Å²) < 4.78 is 0. The third-order valence-corrected chi connectivity index (χ3v) is 5.63. The molecule has 1 saturated heterocycles. The number of hydrogen-bond acceptors (Lipinski definition) is 5. The first-order valence-electron chi connectivity index (χ1n) is 9.21. The molecular weight excluding hydrogens is 346 g/mol. The summed E-state index contributed by atoms with van der Waals surface area (Å²) in [5.74, 6) is 0.480. The molecule has 140 valence electrons. The highest BCUT2D eigenvalue weighted by Gasteiger charge is 2.18. The number of fused-ring (bicyclic) bond motifs is 1. The van der Waals surface area contributed by atoms with Gasteiger partial charge < -0.3 is 20.9 Å². The summed E-state index contributed by atoms with van der Waals surface area (Å²) >= 11 is 1.50. The van der Waals surface area contributed by atoms with Gasteiger partial charge in [-0.25, -0.2) is 4.98 Å². The maximum absolute atomic E-state index is 11.3. The topological polar surface area (TPSA) is 87.0 Å². The quantitative estimate of drug-likeness (QED) is 0.753. The van der Waals surface area contributed by atoms with Gasteiger partial charge in [0, 0.05) is 36.3 Å². The van der Waals surface area contributed by atoms with Crippen molar-refractivity contribution >= 4 is 34.4 Å². The number of pyridine rings is 1. The fraction of sp³-hybridized carbons (Fsp3) is 0.474. The maximum Gasteiger partial charge on any atom is 0.256 e. The number of aromatic amines is 1. The van der Waals surface area contributed by atoms with Gasteiger partial charge in [0.25, 0.3) is 5.91 Å². The van der Waals surface area contributed by atoms with E-state index >= 15 is 0 Å². The van der Waals surface area contributed by atoms with Crippen LogP contribution in [-0.2, 0) is 4.79 Å². The van der Waals surface area contributed by atoms with E-state index in [4.69, 9.17) is 5.73 Å². The van der Waals surface area contributed by atoms with E-state index in [9.17, 15) is 4.79 Å². The molecule has 0 bridgehead atoms. The first kappa shape index (κ1) is 18.8. The summed E-state index contributed by atoms with van der Waals surface area (Å²) in [6.07, 6.45) is 11.2. The van der Waals surface area contributed by atoms with Crippen LogP contribution in [0.4, 0.5) is 5.69 Å². The molecule has 0 saturated carbocycles. The number of primary amides is 1. The number of hydrogen-bond donors (Lipinski definition) is 3. The summed E-state index contributed by atoms with van der Waals surface area (Å²) in [6, 6.07) is 1.97. The molecule has 2 aliphatic heterocycles. The van der Waals surface area contributed by atoms with E-state index in [1.54, 1.807) is 6.20 Å². The van der Waals surface area contributed by atoms with E-state index in [0.29, 0.717) is 4.91 Å². The highest BCUT2D eigenvalue weighted by molar-refractivity contribution is 8.04.